The second-order valence-electron chi connectivity index (χ2n) is 3.35. The van der Waals surface area contributed by atoms with E-state index in [0.29, 0.717) is 6.54 Å². The minimum absolute atomic E-state index is 0.0209. The van der Waals surface area contributed by atoms with Crippen LogP contribution in [0.5, 0.6) is 0 Å². The fourth-order valence-electron chi connectivity index (χ4n) is 0.917. The van der Waals surface area contributed by atoms with E-state index in [2.05, 4.69) is 10.1 Å². The fraction of sp³-hybridized carbons (Fsp3) is 1.00. The number of nitrogens with one attached hydrogen (secondary N) is 1. The third-order valence-corrected chi connectivity index (χ3v) is 2.05. The number of rotatable bonds is 7. The summed E-state index contributed by atoms with van der Waals surface area (Å²) in [5.41, 5.74) is 0. The van der Waals surface area contributed by atoms with E-state index in [9.17, 15) is 13.2 Å². The first kappa shape index (κ1) is 14.7. The van der Waals surface area contributed by atoms with Gasteiger partial charge in [0.1, 0.15) is 6.61 Å². The predicted octanol–water partition coefficient (Wildman–Crippen LogP) is 1.58. The third kappa shape index (κ3) is 8.65. The van der Waals surface area contributed by atoms with Gasteiger partial charge in [-0.2, -0.15) is 13.2 Å². The van der Waals surface area contributed by atoms with Crippen LogP contribution in [0.4, 0.5) is 13.2 Å². The number of alkyl halides is 3. The predicted molar refractivity (Wildman–Crippen MR) is 50.8 cm³/mol. The molecule has 0 aromatic rings. The summed E-state index contributed by atoms with van der Waals surface area (Å²) in [5.74, 6) is 0. The van der Waals surface area contributed by atoms with Crippen LogP contribution in [-0.4, -0.2) is 45.2 Å². The van der Waals surface area contributed by atoms with Crippen LogP contribution in [0, 0.1) is 0 Å². The molecule has 0 rings (SSSR count). The van der Waals surface area contributed by atoms with Crippen molar-refractivity contribution in [3.8, 4) is 0 Å². The monoisotopic (exact) mass is 229 g/mol. The molecule has 15 heavy (non-hydrogen) atoms. The van der Waals surface area contributed by atoms with Gasteiger partial charge in [-0.15, -0.1) is 0 Å². The van der Waals surface area contributed by atoms with E-state index in [1.54, 1.807) is 7.11 Å². The molecule has 0 aliphatic heterocycles. The first-order valence-electron chi connectivity index (χ1n) is 4.77. The Hall–Kier alpha value is -0.330. The smallest absolute Gasteiger partial charge is 0.380 e. The summed E-state index contributed by atoms with van der Waals surface area (Å²) >= 11 is 0. The normalized spacial score (nSPS) is 16.4. The molecule has 0 spiro atoms. The topological polar surface area (TPSA) is 30.5 Å². The van der Waals surface area contributed by atoms with Crippen molar-refractivity contribution in [2.75, 3.05) is 26.9 Å². The zero-order valence-electron chi connectivity index (χ0n) is 9.23. The summed E-state index contributed by atoms with van der Waals surface area (Å²) in [5, 5.41) is 3.00. The molecule has 3 nitrogen and oxygen atoms in total. The molecule has 2 unspecified atom stereocenters. The second-order valence-corrected chi connectivity index (χ2v) is 3.35. The SMILES string of the molecule is COC(C)C(C)NCCOCC(F)(F)F. The van der Waals surface area contributed by atoms with E-state index in [-0.39, 0.29) is 18.8 Å². The Kier molecular flexibility index (Phi) is 6.87. The lowest BCUT2D eigenvalue weighted by atomic mass is 10.2. The Morgan fingerprint density at radius 2 is 1.87 bits per heavy atom. The van der Waals surface area contributed by atoms with Gasteiger partial charge in [0.25, 0.3) is 0 Å². The minimum atomic E-state index is -4.24. The average Bonchev–Trinajstić information content (AvgIpc) is 2.14. The van der Waals surface area contributed by atoms with Crippen LogP contribution in [0.1, 0.15) is 13.8 Å². The third-order valence-electron chi connectivity index (χ3n) is 2.05. The molecule has 0 saturated heterocycles. The minimum Gasteiger partial charge on any atom is -0.380 e. The molecule has 0 saturated carbocycles. The summed E-state index contributed by atoms with van der Waals surface area (Å²) in [6, 6.07) is 0.0875. The van der Waals surface area contributed by atoms with E-state index in [4.69, 9.17) is 4.74 Å². The zero-order valence-corrected chi connectivity index (χ0v) is 9.23. The van der Waals surface area contributed by atoms with Gasteiger partial charge in [0.15, 0.2) is 0 Å². The van der Waals surface area contributed by atoms with Crippen LogP contribution in [-0.2, 0) is 9.47 Å². The van der Waals surface area contributed by atoms with E-state index >= 15 is 0 Å². The number of hydrogen-bond donors (Lipinski definition) is 1. The molecule has 0 radical (unpaired) electrons. The highest BCUT2D eigenvalue weighted by atomic mass is 19.4. The van der Waals surface area contributed by atoms with Crippen molar-refractivity contribution in [1.29, 1.82) is 0 Å². The second kappa shape index (κ2) is 7.03. The zero-order chi connectivity index (χ0) is 11.9. The van der Waals surface area contributed by atoms with Crippen molar-refractivity contribution < 1.29 is 22.6 Å². The van der Waals surface area contributed by atoms with Crippen molar-refractivity contribution in [3.63, 3.8) is 0 Å². The van der Waals surface area contributed by atoms with Crippen LogP contribution in [0.2, 0.25) is 0 Å². The number of methoxy groups -OCH3 is 1. The molecule has 0 aromatic heterocycles. The maximum Gasteiger partial charge on any atom is 0.411 e. The molecule has 0 fully saturated rings. The maximum absolute atomic E-state index is 11.7. The number of ether oxygens (including phenoxy) is 2. The molecule has 2 atom stereocenters. The fourth-order valence-corrected chi connectivity index (χ4v) is 0.917. The summed E-state index contributed by atoms with van der Waals surface area (Å²) in [4.78, 5) is 0. The molecular formula is C9H18F3NO2. The van der Waals surface area contributed by atoms with Crippen LogP contribution in [0.25, 0.3) is 0 Å². The summed E-state index contributed by atoms with van der Waals surface area (Å²) in [7, 11) is 1.59. The molecule has 1 N–H and O–H groups in total. The summed E-state index contributed by atoms with van der Waals surface area (Å²) in [6.45, 7) is 3.01. The quantitative estimate of drug-likeness (QED) is 0.672. The first-order valence-corrected chi connectivity index (χ1v) is 4.77. The molecule has 92 valence electrons. The molecule has 0 bridgehead atoms. The van der Waals surface area contributed by atoms with Gasteiger partial charge in [0.2, 0.25) is 0 Å². The largest absolute Gasteiger partial charge is 0.411 e. The highest BCUT2D eigenvalue weighted by Gasteiger charge is 2.27. The lowest BCUT2D eigenvalue weighted by Gasteiger charge is -2.19. The lowest BCUT2D eigenvalue weighted by molar-refractivity contribution is -0.173. The maximum atomic E-state index is 11.7. The van der Waals surface area contributed by atoms with Crippen molar-refractivity contribution in [2.24, 2.45) is 0 Å². The standard InChI is InChI=1S/C9H18F3NO2/c1-7(8(2)14-3)13-4-5-15-6-9(10,11)12/h7-8,13H,4-6H2,1-3H3. The van der Waals surface area contributed by atoms with Crippen molar-refractivity contribution in [3.05, 3.63) is 0 Å². The van der Waals surface area contributed by atoms with Crippen LogP contribution >= 0.6 is 0 Å². The van der Waals surface area contributed by atoms with Gasteiger partial charge in [-0.1, -0.05) is 0 Å². The van der Waals surface area contributed by atoms with Crippen LogP contribution in [0.3, 0.4) is 0 Å². The van der Waals surface area contributed by atoms with Gasteiger partial charge in [-0.05, 0) is 13.8 Å². The van der Waals surface area contributed by atoms with Gasteiger partial charge in [0.05, 0.1) is 12.7 Å². The average molecular weight is 229 g/mol. The van der Waals surface area contributed by atoms with Crippen LogP contribution < -0.4 is 5.32 Å². The highest BCUT2D eigenvalue weighted by Crippen LogP contribution is 2.13. The molecule has 0 heterocycles. The molecule has 0 aliphatic rings. The Balaban J connectivity index is 3.39. The van der Waals surface area contributed by atoms with Gasteiger partial charge in [-0.3, -0.25) is 0 Å². The van der Waals surface area contributed by atoms with E-state index < -0.39 is 12.8 Å². The van der Waals surface area contributed by atoms with E-state index in [1.165, 1.54) is 0 Å². The molecule has 0 aliphatic carbocycles. The van der Waals surface area contributed by atoms with Crippen molar-refractivity contribution in [2.45, 2.75) is 32.2 Å². The number of hydrogen-bond acceptors (Lipinski definition) is 3. The first-order chi connectivity index (χ1) is 6.87. The summed E-state index contributed by atoms with van der Waals surface area (Å²) < 4.78 is 44.5. The lowest BCUT2D eigenvalue weighted by Crippen LogP contribution is -2.38. The van der Waals surface area contributed by atoms with Crippen molar-refractivity contribution in [1.82, 2.24) is 5.32 Å². The van der Waals surface area contributed by atoms with Crippen LogP contribution in [0.15, 0.2) is 0 Å². The van der Waals surface area contributed by atoms with Gasteiger partial charge in [-0.25, -0.2) is 0 Å². The Morgan fingerprint density at radius 1 is 1.27 bits per heavy atom. The number of halogens is 3. The Labute approximate surface area is 87.9 Å². The van der Waals surface area contributed by atoms with Crippen molar-refractivity contribution >= 4 is 0 Å². The van der Waals surface area contributed by atoms with Gasteiger partial charge in [0, 0.05) is 19.7 Å². The Bertz CT molecular complexity index is 164. The molecule has 0 aromatic carbocycles. The van der Waals surface area contributed by atoms with E-state index in [1.807, 2.05) is 13.8 Å². The van der Waals surface area contributed by atoms with E-state index in [0.717, 1.165) is 0 Å². The molecule has 6 heteroatoms. The van der Waals surface area contributed by atoms with Gasteiger partial charge < -0.3 is 14.8 Å². The Morgan fingerprint density at radius 3 is 2.33 bits per heavy atom. The highest BCUT2D eigenvalue weighted by molar-refractivity contribution is 4.67. The molecular weight excluding hydrogens is 211 g/mol. The van der Waals surface area contributed by atoms with Gasteiger partial charge >= 0.3 is 6.18 Å². The summed E-state index contributed by atoms with van der Waals surface area (Å²) in [6.07, 6.45) is -4.22. The molecule has 0 amide bonds.